The number of anilines is 1. The zero-order chi connectivity index (χ0) is 15.9. The molecule has 1 aromatic rings. The first-order chi connectivity index (χ1) is 10.6. The largest absolute Gasteiger partial charge is 0.387 e. The third kappa shape index (κ3) is 4.36. The Kier molecular flexibility index (Phi) is 5.60. The summed E-state index contributed by atoms with van der Waals surface area (Å²) in [4.78, 5) is 12.1. The van der Waals surface area contributed by atoms with Crippen molar-refractivity contribution >= 4 is 11.6 Å². The molecule has 2 rings (SSSR count). The predicted molar refractivity (Wildman–Crippen MR) is 88.1 cm³/mol. The average Bonchev–Trinajstić information content (AvgIpc) is 2.52. The first-order valence-corrected chi connectivity index (χ1v) is 7.84. The van der Waals surface area contributed by atoms with E-state index in [0.29, 0.717) is 17.6 Å². The number of nitriles is 1. The van der Waals surface area contributed by atoms with Gasteiger partial charge in [0, 0.05) is 17.9 Å². The molecule has 4 heteroatoms. The molecule has 1 fully saturated rings. The summed E-state index contributed by atoms with van der Waals surface area (Å²) < 4.78 is 0. The van der Waals surface area contributed by atoms with Crippen molar-refractivity contribution in [2.75, 3.05) is 5.32 Å². The van der Waals surface area contributed by atoms with Gasteiger partial charge in [-0.1, -0.05) is 37.5 Å². The Labute approximate surface area is 132 Å². The molecule has 1 aromatic carbocycles. The first-order valence-electron chi connectivity index (χ1n) is 7.84. The van der Waals surface area contributed by atoms with Gasteiger partial charge in [0.2, 0.25) is 0 Å². The molecule has 0 bridgehead atoms. The van der Waals surface area contributed by atoms with Crippen LogP contribution in [0.2, 0.25) is 0 Å². The zero-order valence-electron chi connectivity index (χ0n) is 13.2. The topological polar surface area (TPSA) is 64.9 Å². The molecule has 0 heterocycles. The second-order valence-corrected chi connectivity index (χ2v) is 6.02. The van der Waals surface area contributed by atoms with Crippen molar-refractivity contribution in [3.8, 4) is 6.07 Å². The maximum Gasteiger partial charge on any atom is 0.267 e. The molecule has 2 N–H and O–H groups in total. The van der Waals surface area contributed by atoms with Crippen LogP contribution in [-0.4, -0.2) is 11.9 Å². The van der Waals surface area contributed by atoms with Crippen molar-refractivity contribution < 1.29 is 4.79 Å². The molecule has 22 heavy (non-hydrogen) atoms. The minimum atomic E-state index is -0.373. The van der Waals surface area contributed by atoms with Crippen molar-refractivity contribution in [3.63, 3.8) is 0 Å². The van der Waals surface area contributed by atoms with E-state index in [-0.39, 0.29) is 11.5 Å². The summed E-state index contributed by atoms with van der Waals surface area (Å²) in [6.45, 7) is 4.20. The summed E-state index contributed by atoms with van der Waals surface area (Å²) in [5, 5.41) is 15.2. The van der Waals surface area contributed by atoms with Crippen molar-refractivity contribution in [1.82, 2.24) is 5.32 Å². The number of carbonyl (C=O) groups is 1. The Balaban J connectivity index is 1.97. The smallest absolute Gasteiger partial charge is 0.267 e. The number of carbonyl (C=O) groups excluding carboxylic acids is 1. The van der Waals surface area contributed by atoms with Gasteiger partial charge in [-0.15, -0.1) is 0 Å². The van der Waals surface area contributed by atoms with E-state index in [1.54, 1.807) is 6.20 Å². The standard InChI is InChI=1S/C18H23N3O/c1-13-7-9-16(10-8-13)21-18(22)15(11-19)12-20-17-6-4-3-5-14(17)2/h7-10,12,14,17,20H,3-6H2,1-2H3,(H,21,22)/b15-12-. The fraction of sp³-hybridized carbons (Fsp3) is 0.444. The Morgan fingerprint density at radius 1 is 1.27 bits per heavy atom. The molecule has 116 valence electrons. The Hall–Kier alpha value is -2.28. The van der Waals surface area contributed by atoms with Crippen molar-refractivity contribution in [2.24, 2.45) is 5.92 Å². The van der Waals surface area contributed by atoms with Gasteiger partial charge in [0.1, 0.15) is 11.6 Å². The van der Waals surface area contributed by atoms with Gasteiger partial charge in [-0.2, -0.15) is 5.26 Å². The number of benzene rings is 1. The summed E-state index contributed by atoms with van der Waals surface area (Å²) >= 11 is 0. The number of nitrogens with one attached hydrogen (secondary N) is 2. The van der Waals surface area contributed by atoms with Crippen LogP contribution in [0.3, 0.4) is 0 Å². The van der Waals surface area contributed by atoms with Crippen LogP contribution in [0.25, 0.3) is 0 Å². The third-order valence-electron chi connectivity index (χ3n) is 4.23. The highest BCUT2D eigenvalue weighted by Crippen LogP contribution is 2.23. The van der Waals surface area contributed by atoms with Crippen LogP contribution >= 0.6 is 0 Å². The Bertz CT molecular complexity index is 583. The van der Waals surface area contributed by atoms with E-state index in [4.69, 9.17) is 0 Å². The molecule has 0 radical (unpaired) electrons. The van der Waals surface area contributed by atoms with E-state index >= 15 is 0 Å². The van der Waals surface area contributed by atoms with E-state index in [0.717, 1.165) is 12.0 Å². The number of hydrogen-bond donors (Lipinski definition) is 2. The molecule has 0 saturated heterocycles. The monoisotopic (exact) mass is 297 g/mol. The predicted octanol–water partition coefficient (Wildman–Crippen LogP) is 3.51. The number of amides is 1. The number of rotatable bonds is 4. The quantitative estimate of drug-likeness (QED) is 0.660. The van der Waals surface area contributed by atoms with Crippen LogP contribution in [0.5, 0.6) is 0 Å². The van der Waals surface area contributed by atoms with Gasteiger partial charge >= 0.3 is 0 Å². The van der Waals surface area contributed by atoms with E-state index in [1.807, 2.05) is 37.3 Å². The molecule has 0 spiro atoms. The second kappa shape index (κ2) is 7.65. The minimum Gasteiger partial charge on any atom is -0.387 e. The number of hydrogen-bond acceptors (Lipinski definition) is 3. The SMILES string of the molecule is Cc1ccc(NC(=O)/C(C#N)=C\NC2CCCCC2C)cc1. The zero-order valence-corrected chi connectivity index (χ0v) is 13.2. The molecule has 2 atom stereocenters. The van der Waals surface area contributed by atoms with Crippen LogP contribution in [0.4, 0.5) is 5.69 Å². The molecule has 0 aromatic heterocycles. The Morgan fingerprint density at radius 2 is 1.95 bits per heavy atom. The number of aryl methyl sites for hydroxylation is 1. The average molecular weight is 297 g/mol. The molecule has 4 nitrogen and oxygen atoms in total. The van der Waals surface area contributed by atoms with E-state index in [2.05, 4.69) is 17.6 Å². The summed E-state index contributed by atoms with van der Waals surface area (Å²) in [6.07, 6.45) is 6.32. The van der Waals surface area contributed by atoms with Gasteiger partial charge in [0.25, 0.3) is 5.91 Å². The van der Waals surface area contributed by atoms with Crippen LogP contribution < -0.4 is 10.6 Å². The lowest BCUT2D eigenvalue weighted by molar-refractivity contribution is -0.112. The van der Waals surface area contributed by atoms with Gasteiger partial charge in [-0.3, -0.25) is 4.79 Å². The number of nitrogens with zero attached hydrogens (tertiary/aromatic N) is 1. The normalized spacial score (nSPS) is 21.8. The van der Waals surface area contributed by atoms with Crippen molar-refractivity contribution in [3.05, 3.63) is 41.6 Å². The molecule has 0 aliphatic heterocycles. The highest BCUT2D eigenvalue weighted by molar-refractivity contribution is 6.06. The second-order valence-electron chi connectivity index (χ2n) is 6.02. The Morgan fingerprint density at radius 3 is 2.59 bits per heavy atom. The summed E-state index contributed by atoms with van der Waals surface area (Å²) in [6, 6.07) is 9.84. The van der Waals surface area contributed by atoms with E-state index in [9.17, 15) is 10.1 Å². The van der Waals surface area contributed by atoms with Crippen molar-refractivity contribution in [2.45, 2.75) is 45.6 Å². The van der Waals surface area contributed by atoms with Crippen LogP contribution in [0.1, 0.15) is 38.2 Å². The lowest BCUT2D eigenvalue weighted by atomic mass is 9.86. The molecule has 2 unspecified atom stereocenters. The van der Waals surface area contributed by atoms with Gasteiger partial charge < -0.3 is 10.6 Å². The molecule has 1 aliphatic rings. The van der Waals surface area contributed by atoms with Gasteiger partial charge in [-0.05, 0) is 37.8 Å². The van der Waals surface area contributed by atoms with Gasteiger partial charge in [-0.25, -0.2) is 0 Å². The summed E-state index contributed by atoms with van der Waals surface area (Å²) in [5.41, 5.74) is 1.93. The molecular weight excluding hydrogens is 274 g/mol. The molecule has 1 aliphatic carbocycles. The summed E-state index contributed by atoms with van der Waals surface area (Å²) in [5.74, 6) is 0.201. The van der Waals surface area contributed by atoms with E-state index < -0.39 is 0 Å². The van der Waals surface area contributed by atoms with Gasteiger partial charge in [0.15, 0.2) is 0 Å². The minimum absolute atomic E-state index is 0.110. The van der Waals surface area contributed by atoms with E-state index in [1.165, 1.54) is 19.3 Å². The molecular formula is C18H23N3O. The van der Waals surface area contributed by atoms with Crippen LogP contribution in [0, 0.1) is 24.2 Å². The lowest BCUT2D eigenvalue weighted by Crippen LogP contribution is -2.34. The van der Waals surface area contributed by atoms with Crippen LogP contribution in [-0.2, 0) is 4.79 Å². The van der Waals surface area contributed by atoms with Crippen LogP contribution in [0.15, 0.2) is 36.0 Å². The first kappa shape index (κ1) is 16.1. The fourth-order valence-corrected chi connectivity index (χ4v) is 2.74. The lowest BCUT2D eigenvalue weighted by Gasteiger charge is -2.29. The molecule has 1 amide bonds. The third-order valence-corrected chi connectivity index (χ3v) is 4.23. The highest BCUT2D eigenvalue weighted by Gasteiger charge is 2.20. The summed E-state index contributed by atoms with van der Waals surface area (Å²) in [7, 11) is 0. The fourth-order valence-electron chi connectivity index (χ4n) is 2.74. The highest BCUT2D eigenvalue weighted by atomic mass is 16.1. The maximum atomic E-state index is 12.1. The molecule has 1 saturated carbocycles. The van der Waals surface area contributed by atoms with Gasteiger partial charge in [0.05, 0.1) is 0 Å². The van der Waals surface area contributed by atoms with Crippen molar-refractivity contribution in [1.29, 1.82) is 5.26 Å². The maximum absolute atomic E-state index is 12.1.